The summed E-state index contributed by atoms with van der Waals surface area (Å²) < 4.78 is 5.44. The first-order chi connectivity index (χ1) is 10.1. The van der Waals surface area contributed by atoms with Crippen LogP contribution in [0.1, 0.15) is 11.3 Å². The molecule has 0 saturated carbocycles. The molecule has 21 heavy (non-hydrogen) atoms. The molecule has 5 nitrogen and oxygen atoms in total. The lowest BCUT2D eigenvalue weighted by atomic mass is 10.0. The van der Waals surface area contributed by atoms with Crippen LogP contribution in [0.25, 0.3) is 10.9 Å². The molecule has 1 atom stereocenters. The number of amides is 1. The summed E-state index contributed by atoms with van der Waals surface area (Å²) in [5.41, 5.74) is 9.63. The van der Waals surface area contributed by atoms with Gasteiger partial charge in [-0.25, -0.2) is 0 Å². The van der Waals surface area contributed by atoms with Crippen molar-refractivity contribution in [2.45, 2.75) is 20.0 Å². The van der Waals surface area contributed by atoms with Gasteiger partial charge in [-0.1, -0.05) is 18.2 Å². The van der Waals surface area contributed by atoms with E-state index in [9.17, 15) is 4.79 Å². The van der Waals surface area contributed by atoms with Crippen molar-refractivity contribution in [3.8, 4) is 0 Å². The third-order valence-corrected chi connectivity index (χ3v) is 4.05. The Bertz CT molecular complexity index is 699. The molecule has 0 bridgehead atoms. The molecule has 1 saturated heterocycles. The molecule has 3 rings (SSSR count). The maximum atomic E-state index is 11.4. The minimum absolute atomic E-state index is 0.410. The molecular weight excluding hydrogens is 266 g/mol. The van der Waals surface area contributed by atoms with Crippen molar-refractivity contribution in [1.82, 2.24) is 4.98 Å². The number of carbonyl (C=O) groups is 1. The fraction of sp³-hybridized carbons (Fsp3) is 0.375. The van der Waals surface area contributed by atoms with E-state index in [2.05, 4.69) is 22.9 Å². The van der Waals surface area contributed by atoms with Crippen LogP contribution in [0.2, 0.25) is 0 Å². The predicted molar refractivity (Wildman–Crippen MR) is 82.4 cm³/mol. The van der Waals surface area contributed by atoms with E-state index in [1.54, 1.807) is 0 Å². The summed E-state index contributed by atoms with van der Waals surface area (Å²) in [5.74, 6) is -0.410. The molecule has 1 amide bonds. The van der Waals surface area contributed by atoms with Crippen LogP contribution in [0.15, 0.2) is 24.3 Å². The van der Waals surface area contributed by atoms with Gasteiger partial charge in [0.2, 0.25) is 5.91 Å². The molecule has 0 aliphatic carbocycles. The van der Waals surface area contributed by atoms with Crippen LogP contribution in [0, 0.1) is 13.8 Å². The number of fused-ring (bicyclic) bond motifs is 1. The molecule has 1 aromatic carbocycles. The highest BCUT2D eigenvalue weighted by atomic mass is 16.5. The molecule has 0 radical (unpaired) electrons. The zero-order valence-corrected chi connectivity index (χ0v) is 12.3. The molecule has 1 aliphatic heterocycles. The number of ether oxygens (including phenoxy) is 1. The number of para-hydroxylation sites is 1. The van der Waals surface area contributed by atoms with Crippen LogP contribution in [0.5, 0.6) is 0 Å². The highest BCUT2D eigenvalue weighted by Gasteiger charge is 2.27. The number of nitrogens with two attached hydrogens (primary N) is 1. The quantitative estimate of drug-likeness (QED) is 0.909. The molecule has 1 aliphatic rings. The van der Waals surface area contributed by atoms with E-state index < -0.39 is 12.0 Å². The van der Waals surface area contributed by atoms with Crippen LogP contribution >= 0.6 is 0 Å². The molecule has 1 aromatic heterocycles. The van der Waals surface area contributed by atoms with Crippen molar-refractivity contribution in [1.29, 1.82) is 0 Å². The van der Waals surface area contributed by atoms with Crippen molar-refractivity contribution < 1.29 is 9.53 Å². The normalized spacial score (nSPS) is 19.0. The zero-order valence-electron chi connectivity index (χ0n) is 12.3. The zero-order chi connectivity index (χ0) is 15.0. The number of anilines is 1. The number of morpholine rings is 1. The minimum Gasteiger partial charge on any atom is -0.367 e. The molecule has 0 spiro atoms. The lowest BCUT2D eigenvalue weighted by Gasteiger charge is -2.35. The number of nitrogens with zero attached hydrogens (tertiary/aromatic N) is 2. The van der Waals surface area contributed by atoms with Gasteiger partial charge in [0, 0.05) is 17.6 Å². The van der Waals surface area contributed by atoms with Gasteiger partial charge in [-0.3, -0.25) is 9.78 Å². The summed E-state index contributed by atoms with van der Waals surface area (Å²) in [6.45, 7) is 5.82. The minimum atomic E-state index is -0.551. The summed E-state index contributed by atoms with van der Waals surface area (Å²) >= 11 is 0. The number of benzene rings is 1. The standard InChI is InChI=1S/C16H19N3O2/c1-10-11(2)18-13-6-4-3-5-12(13)15(10)19-7-8-21-14(9-19)16(17)20/h3-6,14H,7-9H2,1-2H3,(H2,17,20). The van der Waals surface area contributed by atoms with Gasteiger partial charge in [0.15, 0.2) is 6.10 Å². The van der Waals surface area contributed by atoms with E-state index >= 15 is 0 Å². The molecule has 2 heterocycles. The van der Waals surface area contributed by atoms with Crippen molar-refractivity contribution in [2.24, 2.45) is 5.73 Å². The first-order valence-corrected chi connectivity index (χ1v) is 7.09. The van der Waals surface area contributed by atoms with Gasteiger partial charge in [0.1, 0.15) is 0 Å². The van der Waals surface area contributed by atoms with Crippen LogP contribution in [-0.4, -0.2) is 36.7 Å². The van der Waals surface area contributed by atoms with Crippen LogP contribution < -0.4 is 10.6 Å². The van der Waals surface area contributed by atoms with E-state index in [0.29, 0.717) is 13.2 Å². The van der Waals surface area contributed by atoms with E-state index in [0.717, 1.165) is 34.4 Å². The van der Waals surface area contributed by atoms with Crippen LogP contribution in [0.4, 0.5) is 5.69 Å². The average Bonchev–Trinajstić information content (AvgIpc) is 2.48. The number of aryl methyl sites for hydroxylation is 1. The Morgan fingerprint density at radius 2 is 2.14 bits per heavy atom. The van der Waals surface area contributed by atoms with Crippen molar-refractivity contribution in [3.63, 3.8) is 0 Å². The Balaban J connectivity index is 2.10. The van der Waals surface area contributed by atoms with E-state index in [1.165, 1.54) is 0 Å². The third-order valence-electron chi connectivity index (χ3n) is 4.05. The fourth-order valence-corrected chi connectivity index (χ4v) is 2.84. The number of hydrogen-bond donors (Lipinski definition) is 1. The first kappa shape index (κ1) is 13.8. The highest BCUT2D eigenvalue weighted by Crippen LogP contribution is 2.32. The van der Waals surface area contributed by atoms with Crippen molar-refractivity contribution in [2.75, 3.05) is 24.6 Å². The van der Waals surface area contributed by atoms with Crippen LogP contribution in [0.3, 0.4) is 0 Å². The smallest absolute Gasteiger partial charge is 0.248 e. The van der Waals surface area contributed by atoms with Crippen molar-refractivity contribution >= 4 is 22.5 Å². The lowest BCUT2D eigenvalue weighted by molar-refractivity contribution is -0.130. The van der Waals surface area contributed by atoms with Crippen LogP contribution in [-0.2, 0) is 9.53 Å². The van der Waals surface area contributed by atoms with Gasteiger partial charge in [-0.15, -0.1) is 0 Å². The number of hydrogen-bond acceptors (Lipinski definition) is 4. The Hall–Kier alpha value is -2.14. The first-order valence-electron chi connectivity index (χ1n) is 7.09. The van der Waals surface area contributed by atoms with E-state index in [4.69, 9.17) is 10.5 Å². The maximum absolute atomic E-state index is 11.4. The molecule has 2 N–H and O–H groups in total. The summed E-state index contributed by atoms with van der Waals surface area (Å²) in [4.78, 5) is 18.2. The van der Waals surface area contributed by atoms with Crippen molar-refractivity contribution in [3.05, 3.63) is 35.5 Å². The van der Waals surface area contributed by atoms with Gasteiger partial charge in [-0.2, -0.15) is 0 Å². The van der Waals surface area contributed by atoms with Gasteiger partial charge in [-0.05, 0) is 25.5 Å². The molecular formula is C16H19N3O2. The molecule has 2 aromatic rings. The number of primary amides is 1. The summed E-state index contributed by atoms with van der Waals surface area (Å²) in [7, 11) is 0. The summed E-state index contributed by atoms with van der Waals surface area (Å²) in [5, 5.41) is 1.10. The second-order valence-electron chi connectivity index (χ2n) is 5.40. The molecule has 1 fully saturated rings. The van der Waals surface area contributed by atoms with Gasteiger partial charge in [0.25, 0.3) is 0 Å². The Morgan fingerprint density at radius 1 is 1.38 bits per heavy atom. The Kier molecular flexibility index (Phi) is 3.51. The second kappa shape index (κ2) is 5.33. The number of rotatable bonds is 2. The molecule has 5 heteroatoms. The summed E-state index contributed by atoms with van der Waals surface area (Å²) in [6, 6.07) is 8.07. The summed E-state index contributed by atoms with van der Waals surface area (Å²) in [6.07, 6.45) is -0.551. The Morgan fingerprint density at radius 3 is 2.90 bits per heavy atom. The van der Waals surface area contributed by atoms with E-state index in [1.807, 2.05) is 25.1 Å². The van der Waals surface area contributed by atoms with Gasteiger partial charge >= 0.3 is 0 Å². The Labute approximate surface area is 123 Å². The average molecular weight is 285 g/mol. The number of pyridine rings is 1. The fourth-order valence-electron chi connectivity index (χ4n) is 2.84. The predicted octanol–water partition coefficient (Wildman–Crippen LogP) is 1.54. The molecule has 110 valence electrons. The van der Waals surface area contributed by atoms with Gasteiger partial charge < -0.3 is 15.4 Å². The topological polar surface area (TPSA) is 68.5 Å². The monoisotopic (exact) mass is 285 g/mol. The third kappa shape index (κ3) is 2.45. The second-order valence-corrected chi connectivity index (χ2v) is 5.40. The number of aromatic nitrogens is 1. The molecule has 1 unspecified atom stereocenters. The maximum Gasteiger partial charge on any atom is 0.248 e. The highest BCUT2D eigenvalue weighted by molar-refractivity contribution is 5.94. The number of carbonyl (C=O) groups excluding carboxylic acids is 1. The van der Waals surface area contributed by atoms with Gasteiger partial charge in [0.05, 0.1) is 24.4 Å². The lowest BCUT2D eigenvalue weighted by Crippen LogP contribution is -2.48. The van der Waals surface area contributed by atoms with E-state index in [-0.39, 0.29) is 0 Å². The SMILES string of the molecule is Cc1nc2ccccc2c(N2CCOC(C(N)=O)C2)c1C. The largest absolute Gasteiger partial charge is 0.367 e.